The minimum atomic E-state index is -1.03. The summed E-state index contributed by atoms with van der Waals surface area (Å²) in [6, 6.07) is 14.2. The summed E-state index contributed by atoms with van der Waals surface area (Å²) in [5.41, 5.74) is 1.89. The average molecular weight is 519 g/mol. The molecule has 11 nitrogen and oxygen atoms in total. The Morgan fingerprint density at radius 1 is 0.757 bits per heavy atom. The molecule has 0 spiro atoms. The fraction of sp³-hybridized carbons (Fsp3) is 0.462. The Kier molecular flexibility index (Phi) is 12.9. The lowest BCUT2D eigenvalue weighted by atomic mass is 10.1. The van der Waals surface area contributed by atoms with Gasteiger partial charge in [-0.3, -0.25) is 14.6 Å². The summed E-state index contributed by atoms with van der Waals surface area (Å²) >= 11 is 0. The number of carbonyl (C=O) groups is 2. The van der Waals surface area contributed by atoms with Gasteiger partial charge in [0.05, 0.1) is 32.6 Å². The zero-order valence-corrected chi connectivity index (χ0v) is 21.1. The van der Waals surface area contributed by atoms with E-state index >= 15 is 0 Å². The Balaban J connectivity index is 1.69. The molecule has 2 aromatic rings. The number of hydrogen-bond donors (Lipinski definition) is 2. The van der Waals surface area contributed by atoms with Crippen molar-refractivity contribution in [3.05, 3.63) is 64.6 Å². The normalized spacial score (nSPS) is 12.2. The molecule has 0 amide bonds. The minimum absolute atomic E-state index is 0.0809. The highest BCUT2D eigenvalue weighted by atomic mass is 16.5. The molecule has 0 fully saturated rings. The van der Waals surface area contributed by atoms with Crippen molar-refractivity contribution in [2.45, 2.75) is 37.9 Å². The summed E-state index contributed by atoms with van der Waals surface area (Å²) in [6.07, 6.45) is -0.393. The van der Waals surface area contributed by atoms with Gasteiger partial charge in [0, 0.05) is 12.8 Å². The second-order valence-corrected chi connectivity index (χ2v) is 8.32. The monoisotopic (exact) mass is 518 g/mol. The second kappa shape index (κ2) is 16.1. The molecule has 2 N–H and O–H groups in total. The maximum atomic E-state index is 11.2. The Morgan fingerprint density at radius 2 is 1.14 bits per heavy atom. The first-order valence-electron chi connectivity index (χ1n) is 11.8. The van der Waals surface area contributed by atoms with Gasteiger partial charge in [-0.15, -0.1) is 4.91 Å². The first-order valence-corrected chi connectivity index (χ1v) is 11.8. The standard InChI is InChI=1S/C26H34N2O9/c1-34-25(31)13-7-19-3-9-23(10-4-19)36-17-21(29)15-28(27-33)16-22(30)18-37-24-11-5-20(6-12-24)8-14-26(32)35-2/h3-6,9-12,21-22,29-30H,7-8,13-18H2,1-2H3. The lowest BCUT2D eigenvalue weighted by molar-refractivity contribution is -0.141. The number of ether oxygens (including phenoxy) is 4. The number of nitrogens with zero attached hydrogens (tertiary/aromatic N) is 2. The van der Waals surface area contributed by atoms with Gasteiger partial charge in [-0.2, -0.15) is 0 Å². The van der Waals surface area contributed by atoms with Crippen molar-refractivity contribution in [2.24, 2.45) is 5.29 Å². The number of hydrogen-bond acceptors (Lipinski definition) is 10. The first-order chi connectivity index (χ1) is 17.8. The molecule has 0 saturated heterocycles. The molecule has 37 heavy (non-hydrogen) atoms. The largest absolute Gasteiger partial charge is 0.491 e. The second-order valence-electron chi connectivity index (χ2n) is 8.32. The van der Waals surface area contributed by atoms with E-state index in [2.05, 4.69) is 14.8 Å². The van der Waals surface area contributed by atoms with E-state index in [4.69, 9.17) is 9.47 Å². The third kappa shape index (κ3) is 11.7. The van der Waals surface area contributed by atoms with Crippen LogP contribution in [0, 0.1) is 4.91 Å². The van der Waals surface area contributed by atoms with Crippen molar-refractivity contribution in [3.8, 4) is 11.5 Å². The van der Waals surface area contributed by atoms with Crippen molar-refractivity contribution in [1.82, 2.24) is 5.01 Å². The van der Waals surface area contributed by atoms with Crippen LogP contribution >= 0.6 is 0 Å². The van der Waals surface area contributed by atoms with E-state index in [1.165, 1.54) is 14.2 Å². The summed E-state index contributed by atoms with van der Waals surface area (Å²) in [5, 5.41) is 24.3. The highest BCUT2D eigenvalue weighted by Crippen LogP contribution is 2.15. The summed E-state index contributed by atoms with van der Waals surface area (Å²) in [5.74, 6) is 0.486. The molecular formula is C26H34N2O9. The Bertz CT molecular complexity index is 892. The molecule has 0 bridgehead atoms. The lowest BCUT2D eigenvalue weighted by Crippen LogP contribution is -2.38. The van der Waals surface area contributed by atoms with Gasteiger partial charge in [0.1, 0.15) is 36.9 Å². The Morgan fingerprint density at radius 3 is 1.46 bits per heavy atom. The van der Waals surface area contributed by atoms with Gasteiger partial charge in [-0.1, -0.05) is 24.3 Å². The van der Waals surface area contributed by atoms with Crippen LogP contribution in [-0.4, -0.2) is 79.9 Å². The zero-order valence-electron chi connectivity index (χ0n) is 21.1. The van der Waals surface area contributed by atoms with E-state index in [0.717, 1.165) is 16.1 Å². The van der Waals surface area contributed by atoms with Gasteiger partial charge in [0.15, 0.2) is 0 Å². The number of carbonyl (C=O) groups excluding carboxylic acids is 2. The molecule has 2 rings (SSSR count). The van der Waals surface area contributed by atoms with Crippen LogP contribution in [0.15, 0.2) is 53.8 Å². The van der Waals surface area contributed by atoms with Crippen molar-refractivity contribution in [2.75, 3.05) is 40.5 Å². The summed E-state index contributed by atoms with van der Waals surface area (Å²) in [6.45, 7) is -0.426. The number of aryl methyl sites for hydroxylation is 2. The van der Waals surface area contributed by atoms with E-state index in [1.807, 2.05) is 24.3 Å². The van der Waals surface area contributed by atoms with Crippen LogP contribution in [0.3, 0.4) is 0 Å². The molecule has 0 heterocycles. The summed E-state index contributed by atoms with van der Waals surface area (Å²) in [4.78, 5) is 33.6. The number of aliphatic hydroxyl groups is 2. The molecule has 0 aliphatic heterocycles. The first kappa shape index (κ1) is 29.5. The van der Waals surface area contributed by atoms with E-state index in [-0.39, 0.29) is 51.1 Å². The Hall–Kier alpha value is -3.70. The number of methoxy groups -OCH3 is 2. The molecule has 2 aromatic carbocycles. The summed E-state index contributed by atoms with van der Waals surface area (Å²) < 4.78 is 20.3. The zero-order chi connectivity index (χ0) is 27.0. The molecule has 11 heteroatoms. The van der Waals surface area contributed by atoms with Gasteiger partial charge in [0.2, 0.25) is 0 Å². The number of esters is 2. The van der Waals surface area contributed by atoms with Crippen LogP contribution in [0.5, 0.6) is 11.5 Å². The van der Waals surface area contributed by atoms with Crippen molar-refractivity contribution < 1.29 is 38.7 Å². The van der Waals surface area contributed by atoms with Gasteiger partial charge in [0.25, 0.3) is 0 Å². The molecule has 0 saturated carbocycles. The van der Waals surface area contributed by atoms with Crippen LogP contribution in [0.4, 0.5) is 0 Å². The topological polar surface area (TPSA) is 144 Å². The number of benzene rings is 2. The smallest absolute Gasteiger partial charge is 0.305 e. The molecule has 0 aliphatic carbocycles. The lowest BCUT2D eigenvalue weighted by Gasteiger charge is -2.22. The van der Waals surface area contributed by atoms with Gasteiger partial charge >= 0.3 is 11.9 Å². The van der Waals surface area contributed by atoms with Crippen molar-refractivity contribution >= 4 is 11.9 Å². The predicted octanol–water partition coefficient (Wildman–Crippen LogP) is 2.06. The van der Waals surface area contributed by atoms with Crippen LogP contribution in [-0.2, 0) is 31.9 Å². The molecule has 202 valence electrons. The molecular weight excluding hydrogens is 484 g/mol. The summed E-state index contributed by atoms with van der Waals surface area (Å²) in [7, 11) is 2.69. The van der Waals surface area contributed by atoms with Crippen molar-refractivity contribution in [1.29, 1.82) is 0 Å². The number of aliphatic hydroxyl groups excluding tert-OH is 2. The minimum Gasteiger partial charge on any atom is -0.491 e. The third-order valence-corrected chi connectivity index (χ3v) is 5.38. The predicted molar refractivity (Wildman–Crippen MR) is 134 cm³/mol. The third-order valence-electron chi connectivity index (χ3n) is 5.38. The fourth-order valence-corrected chi connectivity index (χ4v) is 3.32. The molecule has 2 unspecified atom stereocenters. The van der Waals surface area contributed by atoms with Crippen LogP contribution < -0.4 is 9.47 Å². The molecule has 0 radical (unpaired) electrons. The Labute approximate surface area is 215 Å². The van der Waals surface area contributed by atoms with Gasteiger partial charge < -0.3 is 29.2 Å². The molecule has 2 atom stereocenters. The fourth-order valence-electron chi connectivity index (χ4n) is 3.32. The average Bonchev–Trinajstić information content (AvgIpc) is 2.92. The maximum Gasteiger partial charge on any atom is 0.305 e. The van der Waals surface area contributed by atoms with Crippen molar-refractivity contribution in [3.63, 3.8) is 0 Å². The quantitative estimate of drug-likeness (QED) is 0.181. The van der Waals surface area contributed by atoms with E-state index in [9.17, 15) is 24.7 Å². The molecule has 0 aromatic heterocycles. The SMILES string of the molecule is COC(=O)CCc1ccc(OCC(O)CN(CC(O)COc2ccc(CCC(=O)OC)cc2)N=O)cc1. The number of nitroso groups, excluding NO2 is 1. The van der Waals surface area contributed by atoms with Gasteiger partial charge in [-0.25, -0.2) is 0 Å². The van der Waals surface area contributed by atoms with E-state index < -0.39 is 12.2 Å². The highest BCUT2D eigenvalue weighted by Gasteiger charge is 2.17. The van der Waals surface area contributed by atoms with Crippen LogP contribution in [0.2, 0.25) is 0 Å². The van der Waals surface area contributed by atoms with E-state index in [1.54, 1.807) is 24.3 Å². The van der Waals surface area contributed by atoms with Gasteiger partial charge in [-0.05, 0) is 48.2 Å². The number of rotatable bonds is 17. The maximum absolute atomic E-state index is 11.2. The van der Waals surface area contributed by atoms with Crippen LogP contribution in [0.25, 0.3) is 0 Å². The highest BCUT2D eigenvalue weighted by molar-refractivity contribution is 5.69. The molecule has 0 aliphatic rings. The van der Waals surface area contributed by atoms with E-state index in [0.29, 0.717) is 24.3 Å². The van der Waals surface area contributed by atoms with Crippen LogP contribution in [0.1, 0.15) is 24.0 Å².